The van der Waals surface area contributed by atoms with Crippen LogP contribution < -0.4 is 9.47 Å². The standard InChI is InChI=1S/C20H19NO10S.C20H19NO9S/c1-14(22)31-18-6-3-2-5-17(18)20(24)29-13-28-19(23)15-7-9-16(10-8-15)32(27)12-4-11-30-21(25)26;1-14(22)30-18-6-3-2-5-17(18)20(24)28-13-27-19(23)15-7-9-16(10-8-15)31-12-4-11-29-21(25)26/h2-3,5-10H,4,11-13H2,1H3;2-3,5-10H,4,11-13H2,1H3. The van der Waals surface area contributed by atoms with Crippen LogP contribution in [0.25, 0.3) is 0 Å². The molecule has 334 valence electrons. The highest BCUT2D eigenvalue weighted by Gasteiger charge is 2.18. The third-order valence-electron chi connectivity index (χ3n) is 7.35. The molecule has 1 unspecified atom stereocenters. The largest absolute Gasteiger partial charge is 0.426 e. The van der Waals surface area contributed by atoms with Crippen LogP contribution in [0.3, 0.4) is 0 Å². The molecule has 0 amide bonds. The minimum Gasteiger partial charge on any atom is -0.426 e. The van der Waals surface area contributed by atoms with Crippen molar-refractivity contribution in [3.63, 3.8) is 0 Å². The fourth-order valence-corrected chi connectivity index (χ4v) is 6.50. The van der Waals surface area contributed by atoms with E-state index < -0.39 is 70.4 Å². The van der Waals surface area contributed by atoms with E-state index in [2.05, 4.69) is 9.68 Å². The molecular formula is C40H38N2O19S2. The average Bonchev–Trinajstić information content (AvgIpc) is 3.25. The first kappa shape index (κ1) is 50.0. The summed E-state index contributed by atoms with van der Waals surface area (Å²) in [7, 11) is -1.42. The second kappa shape index (κ2) is 26.7. The van der Waals surface area contributed by atoms with E-state index in [1.54, 1.807) is 48.5 Å². The van der Waals surface area contributed by atoms with Gasteiger partial charge in [0.25, 0.3) is 10.2 Å². The molecule has 21 nitrogen and oxygen atoms in total. The van der Waals surface area contributed by atoms with E-state index in [-0.39, 0.29) is 59.1 Å². The average molecular weight is 915 g/mol. The van der Waals surface area contributed by atoms with E-state index in [0.717, 1.165) is 4.90 Å². The lowest BCUT2D eigenvalue weighted by molar-refractivity contribution is -0.757. The molecule has 1 atom stereocenters. The molecule has 0 radical (unpaired) electrons. The predicted octanol–water partition coefficient (Wildman–Crippen LogP) is 5.56. The van der Waals surface area contributed by atoms with Crippen molar-refractivity contribution >= 4 is 58.4 Å². The fourth-order valence-electron chi connectivity index (χ4n) is 4.62. The van der Waals surface area contributed by atoms with Gasteiger partial charge in [-0.2, -0.15) is 0 Å². The van der Waals surface area contributed by atoms with Gasteiger partial charge < -0.3 is 38.1 Å². The summed E-state index contributed by atoms with van der Waals surface area (Å²) < 4.78 is 41.6. The van der Waals surface area contributed by atoms with Crippen LogP contribution in [0.15, 0.2) is 107 Å². The van der Waals surface area contributed by atoms with Crippen LogP contribution >= 0.6 is 11.8 Å². The van der Waals surface area contributed by atoms with Gasteiger partial charge in [0.05, 0.1) is 35.1 Å². The summed E-state index contributed by atoms with van der Waals surface area (Å²) in [5.41, 5.74) is 0.420. The van der Waals surface area contributed by atoms with Crippen molar-refractivity contribution < 1.29 is 81.2 Å². The van der Waals surface area contributed by atoms with Crippen molar-refractivity contribution in [1.82, 2.24) is 0 Å². The lowest BCUT2D eigenvalue weighted by atomic mass is 10.2. The van der Waals surface area contributed by atoms with E-state index in [1.165, 1.54) is 74.1 Å². The molecule has 4 aromatic carbocycles. The molecule has 0 aliphatic carbocycles. The molecule has 0 N–H and O–H groups in total. The molecular weight excluding hydrogens is 877 g/mol. The van der Waals surface area contributed by atoms with E-state index in [0.29, 0.717) is 17.1 Å². The molecule has 4 aromatic rings. The Morgan fingerprint density at radius 1 is 0.571 bits per heavy atom. The molecule has 63 heavy (non-hydrogen) atoms. The van der Waals surface area contributed by atoms with Crippen LogP contribution in [0, 0.1) is 20.2 Å². The van der Waals surface area contributed by atoms with Crippen LogP contribution in [0.5, 0.6) is 11.5 Å². The van der Waals surface area contributed by atoms with Crippen molar-refractivity contribution in [2.45, 2.75) is 36.5 Å². The third-order valence-corrected chi connectivity index (χ3v) is 9.90. The highest BCUT2D eigenvalue weighted by molar-refractivity contribution is 7.99. The van der Waals surface area contributed by atoms with Gasteiger partial charge in [-0.15, -0.1) is 32.0 Å². The molecule has 0 bridgehead atoms. The Balaban J connectivity index is 0.000000335. The van der Waals surface area contributed by atoms with Gasteiger partial charge in [-0.05, 0) is 91.4 Å². The second-order valence-corrected chi connectivity index (χ2v) is 14.6. The van der Waals surface area contributed by atoms with Gasteiger partial charge in [0.15, 0.2) is 0 Å². The molecule has 0 fully saturated rings. The van der Waals surface area contributed by atoms with Gasteiger partial charge in [-0.25, -0.2) is 19.2 Å². The number of thioether (sulfide) groups is 1. The number of nitrogens with zero attached hydrogens (tertiary/aromatic N) is 2. The molecule has 0 saturated carbocycles. The Morgan fingerprint density at radius 3 is 1.43 bits per heavy atom. The Kier molecular flexibility index (Phi) is 21.2. The number of hydrogen-bond acceptors (Lipinski definition) is 20. The maximum absolute atomic E-state index is 12.1. The van der Waals surface area contributed by atoms with E-state index >= 15 is 0 Å². The number of ether oxygens (including phenoxy) is 6. The Hall–Kier alpha value is -7.40. The van der Waals surface area contributed by atoms with Crippen LogP contribution in [-0.2, 0) is 49.0 Å². The number of carbonyl (C=O) groups excluding carboxylic acids is 6. The smallest absolute Gasteiger partial charge is 0.344 e. The topological polar surface area (TPSA) is 280 Å². The van der Waals surface area contributed by atoms with E-state index in [9.17, 15) is 53.2 Å². The monoisotopic (exact) mass is 914 g/mol. The molecule has 4 rings (SSSR count). The highest BCUT2D eigenvalue weighted by Crippen LogP contribution is 2.22. The van der Waals surface area contributed by atoms with Crippen molar-refractivity contribution in [2.75, 3.05) is 38.3 Å². The first-order valence-electron chi connectivity index (χ1n) is 18.1. The zero-order chi connectivity index (χ0) is 46.1. The molecule has 23 heteroatoms. The van der Waals surface area contributed by atoms with Crippen LogP contribution in [0.2, 0.25) is 0 Å². The molecule has 0 heterocycles. The summed E-state index contributed by atoms with van der Waals surface area (Å²) in [6, 6.07) is 24.2. The van der Waals surface area contributed by atoms with Crippen molar-refractivity contribution in [3.8, 4) is 11.5 Å². The van der Waals surface area contributed by atoms with Gasteiger partial charge >= 0.3 is 35.8 Å². The van der Waals surface area contributed by atoms with Gasteiger partial charge in [0.1, 0.15) is 22.6 Å². The second-order valence-electron chi connectivity index (χ2n) is 11.9. The normalized spacial score (nSPS) is 10.6. The number of hydrogen-bond donors (Lipinski definition) is 0. The maximum Gasteiger partial charge on any atom is 0.344 e. The van der Waals surface area contributed by atoms with Crippen molar-refractivity contribution in [3.05, 3.63) is 140 Å². The van der Waals surface area contributed by atoms with Crippen molar-refractivity contribution in [1.29, 1.82) is 0 Å². The summed E-state index contributed by atoms with van der Waals surface area (Å²) in [4.78, 5) is 100. The lowest BCUT2D eigenvalue weighted by Gasteiger charge is -2.09. The van der Waals surface area contributed by atoms with Crippen molar-refractivity contribution in [2.24, 2.45) is 0 Å². The van der Waals surface area contributed by atoms with Gasteiger partial charge in [-0.3, -0.25) is 13.8 Å². The molecule has 0 saturated heterocycles. The van der Waals surface area contributed by atoms with E-state index in [1.807, 2.05) is 0 Å². The lowest BCUT2D eigenvalue weighted by Crippen LogP contribution is -2.15. The summed E-state index contributed by atoms with van der Waals surface area (Å²) in [6.07, 6.45) is 0.727. The number of esters is 6. The zero-order valence-corrected chi connectivity index (χ0v) is 35.0. The highest BCUT2D eigenvalue weighted by atomic mass is 32.2. The molecule has 0 aliphatic heterocycles. The van der Waals surface area contributed by atoms with Gasteiger partial charge in [0.2, 0.25) is 13.6 Å². The van der Waals surface area contributed by atoms with E-state index in [4.69, 9.17) is 28.4 Å². The number of rotatable bonds is 22. The summed E-state index contributed by atoms with van der Waals surface area (Å²) in [5, 5.41) is 18.4. The van der Waals surface area contributed by atoms with Gasteiger partial charge in [0, 0.05) is 29.4 Å². The van der Waals surface area contributed by atoms with Crippen LogP contribution in [0.1, 0.15) is 68.1 Å². The number of carbonyl (C=O) groups is 6. The minimum absolute atomic E-state index is 0.00538. The quantitative estimate of drug-likeness (QED) is 0.0177. The Bertz CT molecular complexity index is 2250. The zero-order valence-electron chi connectivity index (χ0n) is 33.4. The Labute approximate surface area is 364 Å². The first-order chi connectivity index (χ1) is 30.1. The summed E-state index contributed by atoms with van der Waals surface area (Å²) >= 11 is 1.46. The number of para-hydroxylation sites is 2. The molecule has 0 aliphatic rings. The van der Waals surface area contributed by atoms with Crippen LogP contribution in [0.4, 0.5) is 0 Å². The summed E-state index contributed by atoms with van der Waals surface area (Å²) in [6.45, 7) is 0.977. The maximum atomic E-state index is 12.1. The minimum atomic E-state index is -1.42. The molecule has 0 spiro atoms. The number of benzene rings is 4. The summed E-state index contributed by atoms with van der Waals surface area (Å²) in [5.74, 6) is -3.47. The third kappa shape index (κ3) is 18.8. The predicted molar refractivity (Wildman–Crippen MR) is 217 cm³/mol. The van der Waals surface area contributed by atoms with Crippen LogP contribution in [-0.4, -0.2) is 88.5 Å². The van der Waals surface area contributed by atoms with Gasteiger partial charge in [-0.1, -0.05) is 24.3 Å². The Morgan fingerprint density at radius 2 is 0.984 bits per heavy atom. The SMILES string of the molecule is CC(=O)Oc1ccccc1C(=O)OCOC(=O)c1ccc(S(=O)CCCO[N+](=O)[O-])cc1.CC(=O)Oc1ccccc1C(=O)OCOC(=O)c1ccc(SCCCO[N+](=O)[O-])cc1. The fraction of sp³-hybridized carbons (Fsp3) is 0.250. The molecule has 0 aromatic heterocycles. The first-order valence-corrected chi connectivity index (χ1v) is 20.4.